The largest absolute Gasteiger partial charge is 0.508 e. The summed E-state index contributed by atoms with van der Waals surface area (Å²) in [5.41, 5.74) is 0. The number of aromatic hydroxyl groups is 2. The Morgan fingerprint density at radius 2 is 1.55 bits per heavy atom. The highest BCUT2D eigenvalue weighted by Gasteiger charge is 1.94. The molecule has 11 heavy (non-hydrogen) atoms. The second kappa shape index (κ2) is 3.83. The molecular formula is C8H10O3. The number of epoxide rings is 1. The lowest BCUT2D eigenvalue weighted by atomic mass is 10.3. The lowest BCUT2D eigenvalue weighted by Crippen LogP contribution is -1.61. The van der Waals surface area contributed by atoms with Crippen molar-refractivity contribution in [3.8, 4) is 11.5 Å². The summed E-state index contributed by atoms with van der Waals surface area (Å²) in [6.07, 6.45) is 0. The van der Waals surface area contributed by atoms with Gasteiger partial charge in [0.05, 0.1) is 13.2 Å². The molecule has 0 radical (unpaired) electrons. The molecule has 1 aromatic carbocycles. The van der Waals surface area contributed by atoms with Crippen molar-refractivity contribution in [2.24, 2.45) is 0 Å². The zero-order valence-electron chi connectivity index (χ0n) is 6.03. The fraction of sp³-hybridized carbons (Fsp3) is 0.250. The molecule has 0 aromatic heterocycles. The van der Waals surface area contributed by atoms with E-state index in [4.69, 9.17) is 10.2 Å². The van der Waals surface area contributed by atoms with E-state index in [1.807, 2.05) is 0 Å². The highest BCUT2D eigenvalue weighted by molar-refractivity contribution is 5.30. The molecule has 1 heterocycles. The van der Waals surface area contributed by atoms with Crippen molar-refractivity contribution in [1.29, 1.82) is 0 Å². The van der Waals surface area contributed by atoms with E-state index in [1.54, 1.807) is 6.07 Å². The van der Waals surface area contributed by atoms with Gasteiger partial charge in [0.25, 0.3) is 0 Å². The summed E-state index contributed by atoms with van der Waals surface area (Å²) < 4.78 is 4.50. The maximum absolute atomic E-state index is 8.65. The molecule has 3 nitrogen and oxygen atoms in total. The predicted molar refractivity (Wildman–Crippen MR) is 40.6 cm³/mol. The van der Waals surface area contributed by atoms with Crippen molar-refractivity contribution in [1.82, 2.24) is 0 Å². The molecule has 0 amide bonds. The van der Waals surface area contributed by atoms with Crippen molar-refractivity contribution in [2.75, 3.05) is 13.2 Å². The Hall–Kier alpha value is -1.22. The molecule has 1 fully saturated rings. The zero-order chi connectivity index (χ0) is 8.10. The van der Waals surface area contributed by atoms with Gasteiger partial charge in [-0.15, -0.1) is 0 Å². The lowest BCUT2D eigenvalue weighted by Gasteiger charge is -1.89. The zero-order valence-corrected chi connectivity index (χ0v) is 6.03. The topological polar surface area (TPSA) is 53.0 Å². The van der Waals surface area contributed by atoms with Gasteiger partial charge in [0.15, 0.2) is 0 Å². The molecule has 0 bridgehead atoms. The second-order valence-corrected chi connectivity index (χ2v) is 2.13. The minimum Gasteiger partial charge on any atom is -0.508 e. The monoisotopic (exact) mass is 154 g/mol. The molecule has 0 unspecified atom stereocenters. The first kappa shape index (κ1) is 7.88. The number of phenols is 2. The molecule has 2 rings (SSSR count). The van der Waals surface area contributed by atoms with Crippen LogP contribution in [0.4, 0.5) is 0 Å². The van der Waals surface area contributed by atoms with Crippen molar-refractivity contribution >= 4 is 0 Å². The maximum atomic E-state index is 8.65. The molecule has 0 spiro atoms. The van der Waals surface area contributed by atoms with E-state index in [1.165, 1.54) is 18.2 Å². The van der Waals surface area contributed by atoms with Crippen LogP contribution in [0.15, 0.2) is 24.3 Å². The predicted octanol–water partition coefficient (Wildman–Crippen LogP) is 1.11. The average molecular weight is 154 g/mol. The van der Waals surface area contributed by atoms with E-state index in [9.17, 15) is 0 Å². The van der Waals surface area contributed by atoms with Gasteiger partial charge >= 0.3 is 0 Å². The number of hydrogen-bond acceptors (Lipinski definition) is 3. The Labute approximate surface area is 64.9 Å². The van der Waals surface area contributed by atoms with Crippen LogP contribution < -0.4 is 0 Å². The van der Waals surface area contributed by atoms with Gasteiger partial charge in [-0.05, 0) is 12.1 Å². The van der Waals surface area contributed by atoms with Gasteiger partial charge in [0.1, 0.15) is 11.5 Å². The van der Waals surface area contributed by atoms with Gasteiger partial charge in [0, 0.05) is 6.07 Å². The molecule has 1 aliphatic rings. The minimum absolute atomic E-state index is 0.0880. The quantitative estimate of drug-likeness (QED) is 0.550. The van der Waals surface area contributed by atoms with E-state index in [-0.39, 0.29) is 11.5 Å². The molecule has 3 heteroatoms. The molecule has 1 aromatic rings. The van der Waals surface area contributed by atoms with E-state index < -0.39 is 0 Å². The van der Waals surface area contributed by atoms with Crippen LogP contribution in [0, 0.1) is 0 Å². The molecule has 2 N–H and O–H groups in total. The number of ether oxygens (including phenoxy) is 1. The number of hydrogen-bond donors (Lipinski definition) is 2. The first-order chi connectivity index (χ1) is 5.29. The van der Waals surface area contributed by atoms with Gasteiger partial charge in [-0.25, -0.2) is 0 Å². The van der Waals surface area contributed by atoms with Crippen LogP contribution in [0.1, 0.15) is 0 Å². The summed E-state index contributed by atoms with van der Waals surface area (Å²) >= 11 is 0. The molecule has 1 aliphatic heterocycles. The SMILES string of the molecule is C1CO1.Oc1cccc(O)c1. The minimum atomic E-state index is 0.0880. The average Bonchev–Trinajstić information content (AvgIpc) is 2.69. The summed E-state index contributed by atoms with van der Waals surface area (Å²) in [7, 11) is 0. The second-order valence-electron chi connectivity index (χ2n) is 2.13. The van der Waals surface area contributed by atoms with Crippen LogP contribution in [0.2, 0.25) is 0 Å². The van der Waals surface area contributed by atoms with Gasteiger partial charge in [0.2, 0.25) is 0 Å². The smallest absolute Gasteiger partial charge is 0.119 e. The Balaban J connectivity index is 0.000000167. The maximum Gasteiger partial charge on any atom is 0.119 e. The van der Waals surface area contributed by atoms with Gasteiger partial charge in [-0.3, -0.25) is 0 Å². The molecule has 0 aliphatic carbocycles. The summed E-state index contributed by atoms with van der Waals surface area (Å²) in [5.74, 6) is 0.176. The number of benzene rings is 1. The first-order valence-corrected chi connectivity index (χ1v) is 3.35. The highest BCUT2D eigenvalue weighted by atomic mass is 16.6. The summed E-state index contributed by atoms with van der Waals surface area (Å²) in [4.78, 5) is 0. The Kier molecular flexibility index (Phi) is 2.74. The van der Waals surface area contributed by atoms with E-state index >= 15 is 0 Å². The molecule has 0 atom stereocenters. The highest BCUT2D eigenvalue weighted by Crippen LogP contribution is 2.14. The number of phenolic OH excluding ortho intramolecular Hbond substituents is 2. The third kappa shape index (κ3) is 4.22. The molecule has 0 saturated carbocycles. The Morgan fingerprint density at radius 1 is 1.09 bits per heavy atom. The van der Waals surface area contributed by atoms with Crippen LogP contribution in [0.25, 0.3) is 0 Å². The van der Waals surface area contributed by atoms with Crippen molar-refractivity contribution in [2.45, 2.75) is 0 Å². The molecule has 60 valence electrons. The fourth-order valence-corrected chi connectivity index (χ4v) is 0.493. The van der Waals surface area contributed by atoms with Crippen LogP contribution in [-0.4, -0.2) is 23.4 Å². The summed E-state index contributed by atoms with van der Waals surface area (Å²) in [5, 5.41) is 17.3. The van der Waals surface area contributed by atoms with E-state index in [0.29, 0.717) is 0 Å². The first-order valence-electron chi connectivity index (χ1n) is 3.35. The van der Waals surface area contributed by atoms with E-state index in [2.05, 4.69) is 4.74 Å². The number of rotatable bonds is 0. The van der Waals surface area contributed by atoms with Crippen molar-refractivity contribution in [3.63, 3.8) is 0 Å². The van der Waals surface area contributed by atoms with E-state index in [0.717, 1.165) is 13.2 Å². The molecular weight excluding hydrogens is 144 g/mol. The third-order valence-electron chi connectivity index (χ3n) is 1.03. The van der Waals surface area contributed by atoms with Crippen molar-refractivity contribution in [3.05, 3.63) is 24.3 Å². The van der Waals surface area contributed by atoms with Gasteiger partial charge in [-0.2, -0.15) is 0 Å². The summed E-state index contributed by atoms with van der Waals surface area (Å²) in [6, 6.07) is 5.85. The Morgan fingerprint density at radius 3 is 1.73 bits per heavy atom. The lowest BCUT2D eigenvalue weighted by molar-refractivity contribution is 0.450. The van der Waals surface area contributed by atoms with Gasteiger partial charge in [-0.1, -0.05) is 6.07 Å². The van der Waals surface area contributed by atoms with Crippen LogP contribution in [0.5, 0.6) is 11.5 Å². The van der Waals surface area contributed by atoms with Crippen LogP contribution in [-0.2, 0) is 4.74 Å². The van der Waals surface area contributed by atoms with Gasteiger partial charge < -0.3 is 14.9 Å². The summed E-state index contributed by atoms with van der Waals surface area (Å²) in [6.45, 7) is 2.00. The fourth-order valence-electron chi connectivity index (χ4n) is 0.493. The standard InChI is InChI=1S/C6H6O2.C2H4O/c7-5-2-1-3-6(8)4-5;1-2-3-1/h1-4,7-8H;1-2H2. The third-order valence-corrected chi connectivity index (χ3v) is 1.03. The normalized spacial score (nSPS) is 13.1. The Bertz CT molecular complexity index is 200. The van der Waals surface area contributed by atoms with Crippen LogP contribution >= 0.6 is 0 Å². The molecule has 1 saturated heterocycles. The van der Waals surface area contributed by atoms with Crippen LogP contribution in [0.3, 0.4) is 0 Å². The van der Waals surface area contributed by atoms with Crippen molar-refractivity contribution < 1.29 is 14.9 Å².